The second kappa shape index (κ2) is 14.1. The van der Waals surface area contributed by atoms with Gasteiger partial charge in [0.25, 0.3) is 0 Å². The highest BCUT2D eigenvalue weighted by atomic mass is 16.6. The van der Waals surface area contributed by atoms with Crippen LogP contribution in [0.1, 0.15) is 62.1 Å². The second-order valence-electron chi connectivity index (χ2n) is 9.70. The van der Waals surface area contributed by atoms with E-state index in [-0.39, 0.29) is 23.8 Å². The third-order valence-corrected chi connectivity index (χ3v) is 6.89. The number of nitrogens with zero attached hydrogens (tertiary/aromatic N) is 1. The van der Waals surface area contributed by atoms with Crippen molar-refractivity contribution in [3.8, 4) is 34.8 Å². The molecule has 0 aliphatic carbocycles. The third-order valence-electron chi connectivity index (χ3n) is 6.89. The van der Waals surface area contributed by atoms with E-state index in [1.165, 1.54) is 12.0 Å². The number of fused-ring (bicyclic) bond motifs is 1. The van der Waals surface area contributed by atoms with Crippen molar-refractivity contribution in [2.45, 2.75) is 51.9 Å². The summed E-state index contributed by atoms with van der Waals surface area (Å²) in [5.74, 6) is 1.38. The Hall–Kier alpha value is -4.64. The molecule has 3 aromatic rings. The Kier molecular flexibility index (Phi) is 10.1. The van der Waals surface area contributed by atoms with Crippen LogP contribution in [0.3, 0.4) is 0 Å². The van der Waals surface area contributed by atoms with Gasteiger partial charge in [0.2, 0.25) is 5.88 Å². The second-order valence-corrected chi connectivity index (χ2v) is 9.70. The zero-order chi connectivity index (χ0) is 29.2. The number of carbonyl (C=O) groups excluding carboxylic acids is 1. The van der Waals surface area contributed by atoms with Gasteiger partial charge in [-0.3, -0.25) is 0 Å². The lowest BCUT2D eigenvalue weighted by molar-refractivity contribution is -0.136. The molecule has 0 saturated carbocycles. The highest BCUT2D eigenvalue weighted by Gasteiger charge is 2.31. The Morgan fingerprint density at radius 3 is 2.44 bits per heavy atom. The predicted octanol–water partition coefficient (Wildman–Crippen LogP) is 6.42. The van der Waals surface area contributed by atoms with Crippen molar-refractivity contribution in [2.24, 2.45) is 5.73 Å². The fourth-order valence-electron chi connectivity index (χ4n) is 4.66. The van der Waals surface area contributed by atoms with E-state index in [0.717, 1.165) is 31.2 Å². The molecule has 8 heteroatoms. The van der Waals surface area contributed by atoms with E-state index < -0.39 is 11.9 Å². The number of carbonyl (C=O) groups is 1. The molecule has 1 atom stereocenters. The molecule has 4 rings (SSSR count). The highest BCUT2D eigenvalue weighted by molar-refractivity contribution is 5.74. The maximum atomic E-state index is 12.5. The molecule has 0 radical (unpaired) electrons. The lowest BCUT2D eigenvalue weighted by atomic mass is 9.83. The summed E-state index contributed by atoms with van der Waals surface area (Å²) in [4.78, 5) is 12.5. The van der Waals surface area contributed by atoms with Gasteiger partial charge >= 0.3 is 5.97 Å². The number of nitriles is 1. The van der Waals surface area contributed by atoms with Crippen LogP contribution in [0.2, 0.25) is 0 Å². The van der Waals surface area contributed by atoms with Crippen molar-refractivity contribution >= 4 is 5.97 Å². The zero-order valence-corrected chi connectivity index (χ0v) is 23.8. The summed E-state index contributed by atoms with van der Waals surface area (Å²) in [6.45, 7) is 4.59. The molecule has 2 N–H and O–H groups in total. The van der Waals surface area contributed by atoms with Gasteiger partial charge in [-0.1, -0.05) is 57.4 Å². The normalized spacial score (nSPS) is 14.0. The predicted molar refractivity (Wildman–Crippen MR) is 155 cm³/mol. The van der Waals surface area contributed by atoms with Crippen LogP contribution in [0.15, 0.2) is 72.1 Å². The maximum absolute atomic E-state index is 12.5. The van der Waals surface area contributed by atoms with Gasteiger partial charge in [-0.05, 0) is 54.3 Å². The van der Waals surface area contributed by atoms with Gasteiger partial charge in [0.15, 0.2) is 18.1 Å². The van der Waals surface area contributed by atoms with Gasteiger partial charge in [0.05, 0.1) is 19.6 Å². The molecule has 0 saturated heterocycles. The number of ether oxygens (including phenoxy) is 5. The van der Waals surface area contributed by atoms with Gasteiger partial charge in [0, 0.05) is 11.6 Å². The van der Waals surface area contributed by atoms with Gasteiger partial charge in [0.1, 0.15) is 28.9 Å². The number of esters is 1. The summed E-state index contributed by atoms with van der Waals surface area (Å²) in [5.41, 5.74) is 9.13. The molecule has 1 unspecified atom stereocenters. The number of methoxy groups -OCH3 is 1. The van der Waals surface area contributed by atoms with Crippen molar-refractivity contribution < 1.29 is 28.5 Å². The van der Waals surface area contributed by atoms with Crippen molar-refractivity contribution in [3.63, 3.8) is 0 Å². The summed E-state index contributed by atoms with van der Waals surface area (Å²) in [7, 11) is 1.58. The molecule has 0 aromatic heterocycles. The summed E-state index contributed by atoms with van der Waals surface area (Å²) >= 11 is 0. The van der Waals surface area contributed by atoms with E-state index in [4.69, 9.17) is 29.4 Å². The first kappa shape index (κ1) is 29.3. The fourth-order valence-corrected chi connectivity index (χ4v) is 4.66. The fraction of sp³-hybridized carbons (Fsp3) is 0.333. The minimum atomic E-state index is -0.562. The average molecular weight is 557 g/mol. The van der Waals surface area contributed by atoms with Crippen LogP contribution >= 0.6 is 0 Å². The Labute approximate surface area is 241 Å². The largest absolute Gasteiger partial charge is 0.493 e. The number of hydrogen-bond donors (Lipinski definition) is 1. The topological polar surface area (TPSA) is 113 Å². The molecule has 0 spiro atoms. The SMILES string of the molecule is CCCCCCOc1ccc(C2C(C#N)=C(N)Oc3cc(OC(=O)COc4ccc(CC)cc4)ccc32)cc1OC. The number of allylic oxidation sites excluding steroid dienone is 1. The highest BCUT2D eigenvalue weighted by Crippen LogP contribution is 2.45. The van der Waals surface area contributed by atoms with Crippen LogP contribution in [-0.4, -0.2) is 26.3 Å². The Morgan fingerprint density at radius 1 is 0.951 bits per heavy atom. The Morgan fingerprint density at radius 2 is 1.73 bits per heavy atom. The zero-order valence-electron chi connectivity index (χ0n) is 23.8. The number of unbranched alkanes of at least 4 members (excludes halogenated alkanes) is 3. The number of aryl methyl sites for hydroxylation is 1. The summed E-state index contributed by atoms with van der Waals surface area (Å²) in [6, 6.07) is 20.3. The molecule has 1 heterocycles. The number of nitrogens with two attached hydrogens (primary N) is 1. The van der Waals surface area contributed by atoms with Crippen molar-refractivity contribution in [2.75, 3.05) is 20.3 Å². The minimum Gasteiger partial charge on any atom is -0.493 e. The van der Waals surface area contributed by atoms with Crippen LogP contribution in [0, 0.1) is 11.3 Å². The molecular weight excluding hydrogens is 520 g/mol. The molecule has 0 bridgehead atoms. The number of rotatable bonds is 13. The van der Waals surface area contributed by atoms with Crippen LogP contribution in [0.4, 0.5) is 0 Å². The summed E-state index contributed by atoms with van der Waals surface area (Å²) in [6.07, 6.45) is 5.34. The van der Waals surface area contributed by atoms with Crippen LogP contribution in [0.25, 0.3) is 0 Å². The lowest BCUT2D eigenvalue weighted by Gasteiger charge is -2.27. The van der Waals surface area contributed by atoms with E-state index >= 15 is 0 Å². The Bertz CT molecular complexity index is 1420. The van der Waals surface area contributed by atoms with E-state index in [1.54, 1.807) is 25.3 Å². The quantitative estimate of drug-likeness (QED) is 0.146. The van der Waals surface area contributed by atoms with E-state index in [9.17, 15) is 10.1 Å². The molecule has 1 aliphatic rings. The molecule has 3 aromatic carbocycles. The summed E-state index contributed by atoms with van der Waals surface area (Å²) < 4.78 is 28.4. The van der Waals surface area contributed by atoms with Crippen LogP contribution in [0.5, 0.6) is 28.7 Å². The van der Waals surface area contributed by atoms with Crippen molar-refractivity contribution in [1.82, 2.24) is 0 Å². The number of hydrogen-bond acceptors (Lipinski definition) is 8. The van der Waals surface area contributed by atoms with Crippen LogP contribution < -0.4 is 29.4 Å². The average Bonchev–Trinajstić information content (AvgIpc) is 2.99. The molecule has 1 aliphatic heterocycles. The van der Waals surface area contributed by atoms with E-state index in [1.807, 2.05) is 42.5 Å². The molecule has 0 amide bonds. The minimum absolute atomic E-state index is 0.0115. The van der Waals surface area contributed by atoms with Gasteiger partial charge in [-0.2, -0.15) is 5.26 Å². The lowest BCUT2D eigenvalue weighted by Crippen LogP contribution is -2.22. The number of benzene rings is 3. The van der Waals surface area contributed by atoms with Crippen molar-refractivity contribution in [1.29, 1.82) is 5.26 Å². The smallest absolute Gasteiger partial charge is 0.349 e. The van der Waals surface area contributed by atoms with Gasteiger partial charge in [-0.25, -0.2) is 4.79 Å². The molecule has 0 fully saturated rings. The third kappa shape index (κ3) is 7.31. The molecule has 41 heavy (non-hydrogen) atoms. The van der Waals surface area contributed by atoms with Crippen molar-refractivity contribution in [3.05, 3.63) is 88.8 Å². The first-order chi connectivity index (χ1) is 20.0. The first-order valence-electron chi connectivity index (χ1n) is 13.9. The first-order valence-corrected chi connectivity index (χ1v) is 13.9. The maximum Gasteiger partial charge on any atom is 0.349 e. The standard InChI is InChI=1S/C33H36N2O6/c1-4-6-7-8-17-38-28-16-11-23(18-30(28)37-3)32-26-15-14-25(19-29(26)41-33(35)27(32)20-34)40-31(36)21-39-24-12-9-22(5-2)10-13-24/h9-16,18-19,32H,4-8,17,21,35H2,1-3H3. The van der Waals surface area contributed by atoms with Crippen LogP contribution in [-0.2, 0) is 11.2 Å². The van der Waals surface area contributed by atoms with E-state index in [0.29, 0.717) is 35.2 Å². The molecule has 214 valence electrons. The summed E-state index contributed by atoms with van der Waals surface area (Å²) in [5, 5.41) is 9.94. The van der Waals surface area contributed by atoms with Gasteiger partial charge < -0.3 is 29.4 Å². The van der Waals surface area contributed by atoms with E-state index in [2.05, 4.69) is 19.9 Å². The Balaban J connectivity index is 1.50. The van der Waals surface area contributed by atoms with Gasteiger partial charge in [-0.15, -0.1) is 0 Å². The molecule has 8 nitrogen and oxygen atoms in total. The molecular formula is C33H36N2O6. The monoisotopic (exact) mass is 556 g/mol.